The molecule has 4 rings (SSSR count). The average Bonchev–Trinajstić information content (AvgIpc) is 3.09. The number of rotatable bonds is 6. The molecule has 1 unspecified atom stereocenters. The Balaban J connectivity index is 1.54. The van der Waals surface area contributed by atoms with Crippen molar-refractivity contribution in [1.82, 2.24) is 9.55 Å². The summed E-state index contributed by atoms with van der Waals surface area (Å²) in [4.78, 5) is 41.5. The first kappa shape index (κ1) is 23.3. The van der Waals surface area contributed by atoms with E-state index in [1.165, 1.54) is 19.2 Å². The Morgan fingerprint density at radius 2 is 1.71 bits per heavy atom. The molecular weight excluding hydrogens is 441 g/mol. The molecule has 1 amide bonds. The van der Waals surface area contributed by atoms with Crippen LogP contribution in [0.15, 0.2) is 77.7 Å². The van der Waals surface area contributed by atoms with Gasteiger partial charge in [0.2, 0.25) is 0 Å². The lowest BCUT2D eigenvalue weighted by Crippen LogP contribution is -2.44. The number of carbonyl (C=O) groups is 2. The van der Waals surface area contributed by atoms with Crippen LogP contribution in [0.1, 0.15) is 47.2 Å². The molecule has 2 aromatic carbocycles. The number of nitrogens with one attached hydrogen (secondary N) is 1. The number of anilines is 1. The van der Waals surface area contributed by atoms with Crippen LogP contribution in [0.3, 0.4) is 0 Å². The highest BCUT2D eigenvalue weighted by Crippen LogP contribution is 2.43. The summed E-state index contributed by atoms with van der Waals surface area (Å²) in [5.74, 6) is -1.09. The molecule has 8 nitrogen and oxygen atoms in total. The maximum Gasteiger partial charge on any atom is 0.351 e. The van der Waals surface area contributed by atoms with Gasteiger partial charge in [-0.15, -0.1) is 0 Å². The number of halogens is 1. The van der Waals surface area contributed by atoms with Crippen LogP contribution < -0.4 is 11.0 Å². The maximum absolute atomic E-state index is 16.0. The van der Waals surface area contributed by atoms with E-state index in [1.807, 2.05) is 0 Å². The summed E-state index contributed by atoms with van der Waals surface area (Å²) >= 11 is 0. The molecule has 4 atom stereocenters. The van der Waals surface area contributed by atoms with Gasteiger partial charge in [-0.2, -0.15) is 4.98 Å². The predicted molar refractivity (Wildman–Crippen MR) is 122 cm³/mol. The highest BCUT2D eigenvalue weighted by atomic mass is 19.1. The predicted octanol–water partition coefficient (Wildman–Crippen LogP) is 3.76. The van der Waals surface area contributed by atoms with Gasteiger partial charge in [0, 0.05) is 11.8 Å². The fraction of sp³-hybridized carbons (Fsp3) is 0.280. The molecule has 34 heavy (non-hydrogen) atoms. The number of hydrogen-bond donors (Lipinski definition) is 1. The van der Waals surface area contributed by atoms with E-state index in [9.17, 15) is 14.4 Å². The lowest BCUT2D eigenvalue weighted by atomic mass is 9.96. The molecule has 1 N–H and O–H groups in total. The molecule has 1 fully saturated rings. The van der Waals surface area contributed by atoms with Gasteiger partial charge in [-0.3, -0.25) is 9.36 Å². The number of amides is 1. The Labute approximate surface area is 195 Å². The quantitative estimate of drug-likeness (QED) is 0.557. The van der Waals surface area contributed by atoms with Gasteiger partial charge in [0.25, 0.3) is 5.91 Å². The monoisotopic (exact) mass is 465 g/mol. The standard InChI is InChI=1S/C25H24FN3O5/c1-3-18-20(34-22(31)17-12-8-5-9-13-17)25(2,26)23(33-18)29-15-14-19(28-24(29)32)27-21(30)16-10-6-4-7-11-16/h4-15,18,20,23H,3H2,1-2H3,(H,27,28,30,32)/t18-,20-,23-,25?/m1/s1. The van der Waals surface area contributed by atoms with Crippen molar-refractivity contribution in [3.05, 3.63) is 94.5 Å². The zero-order chi connectivity index (χ0) is 24.3. The molecule has 0 bridgehead atoms. The van der Waals surface area contributed by atoms with Crippen molar-refractivity contribution in [2.45, 2.75) is 44.4 Å². The number of ether oxygens (including phenoxy) is 2. The number of carbonyl (C=O) groups excluding carboxylic acids is 2. The summed E-state index contributed by atoms with van der Waals surface area (Å²) < 4.78 is 28.3. The number of alkyl halides is 1. The first-order valence-electron chi connectivity index (χ1n) is 10.9. The van der Waals surface area contributed by atoms with Crippen molar-refractivity contribution in [3.63, 3.8) is 0 Å². The van der Waals surface area contributed by atoms with Crippen LogP contribution in [-0.2, 0) is 9.47 Å². The number of nitrogens with zero attached hydrogens (tertiary/aromatic N) is 2. The zero-order valence-electron chi connectivity index (χ0n) is 18.7. The summed E-state index contributed by atoms with van der Waals surface area (Å²) in [5, 5.41) is 2.54. The van der Waals surface area contributed by atoms with Gasteiger partial charge in [0.15, 0.2) is 18.0 Å². The van der Waals surface area contributed by atoms with Crippen LogP contribution in [0.2, 0.25) is 0 Å². The van der Waals surface area contributed by atoms with E-state index in [-0.39, 0.29) is 11.4 Å². The van der Waals surface area contributed by atoms with Crippen LogP contribution >= 0.6 is 0 Å². The van der Waals surface area contributed by atoms with E-state index in [0.29, 0.717) is 12.0 Å². The fourth-order valence-corrected chi connectivity index (χ4v) is 3.91. The SMILES string of the molecule is CC[C@H]1O[C@@H](n2ccc(NC(=O)c3ccccc3)nc2=O)C(C)(F)[C@@H]1OC(=O)c1ccccc1. The third-order valence-electron chi connectivity index (χ3n) is 5.69. The van der Waals surface area contributed by atoms with Gasteiger partial charge in [-0.1, -0.05) is 43.3 Å². The molecule has 0 aliphatic carbocycles. The fourth-order valence-electron chi connectivity index (χ4n) is 3.91. The number of esters is 1. The zero-order valence-corrected chi connectivity index (χ0v) is 18.7. The molecule has 1 aromatic heterocycles. The third kappa shape index (κ3) is 4.60. The molecule has 3 aromatic rings. The molecule has 1 aliphatic rings. The van der Waals surface area contributed by atoms with E-state index in [4.69, 9.17) is 9.47 Å². The van der Waals surface area contributed by atoms with Crippen molar-refractivity contribution < 1.29 is 23.5 Å². The minimum atomic E-state index is -2.22. The Kier molecular flexibility index (Phi) is 6.56. The van der Waals surface area contributed by atoms with Crippen LogP contribution in [0, 0.1) is 0 Å². The molecule has 0 spiro atoms. The second-order valence-corrected chi connectivity index (χ2v) is 8.10. The number of benzene rings is 2. The van der Waals surface area contributed by atoms with Crippen molar-refractivity contribution in [2.24, 2.45) is 0 Å². The lowest BCUT2D eigenvalue weighted by molar-refractivity contribution is -0.0518. The summed E-state index contributed by atoms with van der Waals surface area (Å²) in [5.41, 5.74) is -2.35. The molecule has 176 valence electrons. The number of aromatic nitrogens is 2. The third-order valence-corrected chi connectivity index (χ3v) is 5.69. The summed E-state index contributed by atoms with van der Waals surface area (Å²) in [6.07, 6.45) is -1.72. The van der Waals surface area contributed by atoms with Crippen LogP contribution in [0.5, 0.6) is 0 Å². The first-order chi connectivity index (χ1) is 16.3. The maximum atomic E-state index is 16.0. The molecule has 1 aliphatic heterocycles. The second-order valence-electron chi connectivity index (χ2n) is 8.10. The lowest BCUT2D eigenvalue weighted by Gasteiger charge is -2.27. The molecule has 1 saturated heterocycles. The van der Waals surface area contributed by atoms with E-state index in [2.05, 4.69) is 10.3 Å². The second kappa shape index (κ2) is 9.56. The molecule has 0 saturated carbocycles. The van der Waals surface area contributed by atoms with E-state index >= 15 is 4.39 Å². The minimum Gasteiger partial charge on any atom is -0.452 e. The molecular formula is C25H24FN3O5. The summed E-state index contributed by atoms with van der Waals surface area (Å²) in [6, 6.07) is 18.1. The van der Waals surface area contributed by atoms with Crippen molar-refractivity contribution in [3.8, 4) is 0 Å². The van der Waals surface area contributed by atoms with Gasteiger partial charge in [-0.25, -0.2) is 14.0 Å². The van der Waals surface area contributed by atoms with Gasteiger partial charge >= 0.3 is 11.7 Å². The van der Waals surface area contributed by atoms with Gasteiger partial charge in [-0.05, 0) is 43.7 Å². The average molecular weight is 465 g/mol. The Morgan fingerprint density at radius 1 is 1.09 bits per heavy atom. The number of hydrogen-bond acceptors (Lipinski definition) is 6. The highest BCUT2D eigenvalue weighted by molar-refractivity contribution is 6.03. The van der Waals surface area contributed by atoms with Crippen molar-refractivity contribution >= 4 is 17.7 Å². The van der Waals surface area contributed by atoms with Crippen LogP contribution in [0.25, 0.3) is 0 Å². The van der Waals surface area contributed by atoms with E-state index in [1.54, 1.807) is 67.6 Å². The summed E-state index contributed by atoms with van der Waals surface area (Å²) in [6.45, 7) is 3.00. The Hall–Kier alpha value is -3.85. The normalized spacial score (nSPS) is 23.9. The molecule has 2 heterocycles. The highest BCUT2D eigenvalue weighted by Gasteiger charge is 2.57. The topological polar surface area (TPSA) is 99.5 Å². The molecule has 0 radical (unpaired) electrons. The van der Waals surface area contributed by atoms with Gasteiger partial charge < -0.3 is 14.8 Å². The smallest absolute Gasteiger partial charge is 0.351 e. The van der Waals surface area contributed by atoms with Gasteiger partial charge in [0.1, 0.15) is 11.9 Å². The van der Waals surface area contributed by atoms with E-state index < -0.39 is 41.7 Å². The van der Waals surface area contributed by atoms with Crippen LogP contribution in [0.4, 0.5) is 10.2 Å². The van der Waals surface area contributed by atoms with Gasteiger partial charge in [0.05, 0.1) is 5.56 Å². The van der Waals surface area contributed by atoms with Crippen LogP contribution in [-0.4, -0.2) is 39.3 Å². The van der Waals surface area contributed by atoms with Crippen molar-refractivity contribution in [2.75, 3.05) is 5.32 Å². The van der Waals surface area contributed by atoms with E-state index in [0.717, 1.165) is 4.57 Å². The summed E-state index contributed by atoms with van der Waals surface area (Å²) in [7, 11) is 0. The first-order valence-corrected chi connectivity index (χ1v) is 10.9. The van der Waals surface area contributed by atoms with Crippen molar-refractivity contribution in [1.29, 1.82) is 0 Å². The Bertz CT molecular complexity index is 1230. The molecule has 9 heteroatoms. The largest absolute Gasteiger partial charge is 0.452 e. The minimum absolute atomic E-state index is 0.0211. The Morgan fingerprint density at radius 3 is 2.29 bits per heavy atom.